The van der Waals surface area contributed by atoms with Crippen molar-refractivity contribution in [1.82, 2.24) is 0 Å². The van der Waals surface area contributed by atoms with Gasteiger partial charge >= 0.3 is 6.18 Å². The maximum atomic E-state index is 12.2. The highest BCUT2D eigenvalue weighted by Gasteiger charge is 2.43. The molecule has 12 heavy (non-hydrogen) atoms. The molecule has 70 valence electrons. The predicted octanol–water partition coefficient (Wildman–Crippen LogP) is 2.12. The van der Waals surface area contributed by atoms with Gasteiger partial charge in [0.15, 0.2) is 0 Å². The molecule has 0 aliphatic heterocycles. The van der Waals surface area contributed by atoms with Crippen molar-refractivity contribution in [1.29, 1.82) is 0 Å². The van der Waals surface area contributed by atoms with Crippen molar-refractivity contribution in [2.24, 2.45) is 11.8 Å². The third-order valence-electron chi connectivity index (χ3n) is 2.22. The predicted molar refractivity (Wildman–Crippen MR) is 38.5 cm³/mol. The highest BCUT2D eigenvalue weighted by atomic mass is 19.4. The van der Waals surface area contributed by atoms with Crippen LogP contribution in [-0.2, 0) is 0 Å². The molecule has 0 saturated heterocycles. The van der Waals surface area contributed by atoms with Gasteiger partial charge in [-0.15, -0.1) is 0 Å². The standard InChI is InChI=1S/C8H11F3O/c9-8(10,11)7-4-2-1-3-6(7)5-12/h1-2,6-7,12H,3-5H2/t6-,7+/m0/s1. The molecule has 0 saturated carbocycles. The molecule has 0 aromatic heterocycles. The summed E-state index contributed by atoms with van der Waals surface area (Å²) >= 11 is 0. The second-order valence-electron chi connectivity index (χ2n) is 3.03. The van der Waals surface area contributed by atoms with E-state index in [1.807, 2.05) is 0 Å². The van der Waals surface area contributed by atoms with Crippen LogP contribution in [-0.4, -0.2) is 17.9 Å². The van der Waals surface area contributed by atoms with Crippen molar-refractivity contribution >= 4 is 0 Å². The molecule has 1 rings (SSSR count). The van der Waals surface area contributed by atoms with E-state index in [2.05, 4.69) is 0 Å². The first kappa shape index (κ1) is 9.58. The topological polar surface area (TPSA) is 20.2 Å². The van der Waals surface area contributed by atoms with Gasteiger partial charge in [0.25, 0.3) is 0 Å². The molecule has 0 bridgehead atoms. The number of alkyl halides is 3. The van der Waals surface area contributed by atoms with Crippen molar-refractivity contribution in [2.45, 2.75) is 19.0 Å². The van der Waals surface area contributed by atoms with Crippen LogP contribution in [0.25, 0.3) is 0 Å². The van der Waals surface area contributed by atoms with Crippen molar-refractivity contribution in [2.75, 3.05) is 6.61 Å². The van der Waals surface area contributed by atoms with Crippen LogP contribution in [0.3, 0.4) is 0 Å². The molecule has 1 aliphatic rings. The third-order valence-corrected chi connectivity index (χ3v) is 2.22. The van der Waals surface area contributed by atoms with E-state index < -0.39 is 18.0 Å². The molecule has 0 radical (unpaired) electrons. The van der Waals surface area contributed by atoms with Crippen LogP contribution in [0.15, 0.2) is 12.2 Å². The van der Waals surface area contributed by atoms with Crippen molar-refractivity contribution in [3.63, 3.8) is 0 Å². The Hall–Kier alpha value is -0.510. The number of rotatable bonds is 1. The Balaban J connectivity index is 2.67. The zero-order valence-corrected chi connectivity index (χ0v) is 6.51. The molecule has 0 aromatic carbocycles. The lowest BCUT2D eigenvalue weighted by Crippen LogP contribution is -2.33. The Labute approximate surface area is 68.9 Å². The fourth-order valence-electron chi connectivity index (χ4n) is 1.47. The van der Waals surface area contributed by atoms with Gasteiger partial charge in [0.1, 0.15) is 0 Å². The summed E-state index contributed by atoms with van der Waals surface area (Å²) in [5.41, 5.74) is 0. The van der Waals surface area contributed by atoms with Gasteiger partial charge in [-0.1, -0.05) is 12.2 Å². The molecule has 1 N–H and O–H groups in total. The quantitative estimate of drug-likeness (QED) is 0.613. The van der Waals surface area contributed by atoms with E-state index in [-0.39, 0.29) is 13.0 Å². The second-order valence-corrected chi connectivity index (χ2v) is 3.03. The van der Waals surface area contributed by atoms with Crippen LogP contribution in [0.4, 0.5) is 13.2 Å². The van der Waals surface area contributed by atoms with E-state index >= 15 is 0 Å². The summed E-state index contributed by atoms with van der Waals surface area (Å²) in [6, 6.07) is 0. The Kier molecular flexibility index (Phi) is 2.77. The molecule has 2 atom stereocenters. The van der Waals surface area contributed by atoms with Gasteiger partial charge in [0.2, 0.25) is 0 Å². The lowest BCUT2D eigenvalue weighted by Gasteiger charge is -2.28. The van der Waals surface area contributed by atoms with Gasteiger partial charge in [-0.25, -0.2) is 0 Å². The zero-order valence-electron chi connectivity index (χ0n) is 6.51. The fraction of sp³-hybridized carbons (Fsp3) is 0.750. The van der Waals surface area contributed by atoms with Crippen molar-refractivity contribution < 1.29 is 18.3 Å². The smallest absolute Gasteiger partial charge is 0.392 e. The first-order valence-electron chi connectivity index (χ1n) is 3.88. The molecule has 0 heterocycles. The normalized spacial score (nSPS) is 30.7. The van der Waals surface area contributed by atoms with E-state index in [0.29, 0.717) is 6.42 Å². The highest BCUT2D eigenvalue weighted by molar-refractivity contribution is 4.96. The zero-order chi connectivity index (χ0) is 9.19. The minimum atomic E-state index is -4.17. The lowest BCUT2D eigenvalue weighted by molar-refractivity contribution is -0.192. The molecule has 1 nitrogen and oxygen atoms in total. The van der Waals surface area contributed by atoms with Crippen LogP contribution in [0.2, 0.25) is 0 Å². The summed E-state index contributed by atoms with van der Waals surface area (Å²) in [4.78, 5) is 0. The molecule has 0 spiro atoms. The molecule has 0 aromatic rings. The van der Waals surface area contributed by atoms with Gasteiger partial charge in [-0.2, -0.15) is 13.2 Å². The minimum absolute atomic E-state index is 0.00866. The Morgan fingerprint density at radius 1 is 1.25 bits per heavy atom. The van der Waals surface area contributed by atoms with Gasteiger partial charge in [-0.3, -0.25) is 0 Å². The van der Waals surface area contributed by atoms with E-state index in [9.17, 15) is 13.2 Å². The van der Waals surface area contributed by atoms with Crippen LogP contribution < -0.4 is 0 Å². The van der Waals surface area contributed by atoms with Crippen LogP contribution in [0.1, 0.15) is 12.8 Å². The molecule has 1 aliphatic carbocycles. The van der Waals surface area contributed by atoms with E-state index in [1.165, 1.54) is 6.08 Å². The summed E-state index contributed by atoms with van der Waals surface area (Å²) in [6.45, 7) is -0.380. The number of hydrogen-bond donors (Lipinski definition) is 1. The van der Waals surface area contributed by atoms with Crippen molar-refractivity contribution in [3.8, 4) is 0 Å². The Morgan fingerprint density at radius 2 is 1.83 bits per heavy atom. The monoisotopic (exact) mass is 180 g/mol. The number of aliphatic hydroxyl groups excluding tert-OH is 1. The fourth-order valence-corrected chi connectivity index (χ4v) is 1.47. The maximum Gasteiger partial charge on any atom is 0.392 e. The SMILES string of the molecule is OC[C@@H]1CC=CC[C@H]1C(F)(F)F. The number of allylic oxidation sites excluding steroid dienone is 2. The van der Waals surface area contributed by atoms with Crippen LogP contribution in [0.5, 0.6) is 0 Å². The van der Waals surface area contributed by atoms with Crippen molar-refractivity contribution in [3.05, 3.63) is 12.2 Å². The first-order chi connectivity index (χ1) is 5.55. The van der Waals surface area contributed by atoms with E-state index in [0.717, 1.165) is 0 Å². The summed E-state index contributed by atoms with van der Waals surface area (Å²) in [6.07, 6.45) is -0.596. The number of hydrogen-bond acceptors (Lipinski definition) is 1. The molecule has 0 amide bonds. The highest BCUT2D eigenvalue weighted by Crippen LogP contribution is 2.38. The van der Waals surface area contributed by atoms with Gasteiger partial charge < -0.3 is 5.11 Å². The average molecular weight is 180 g/mol. The summed E-state index contributed by atoms with van der Waals surface area (Å²) < 4.78 is 36.7. The minimum Gasteiger partial charge on any atom is -0.396 e. The molecule has 0 unspecified atom stereocenters. The number of halogens is 3. The van der Waals surface area contributed by atoms with Crippen LogP contribution in [0, 0.1) is 11.8 Å². The lowest BCUT2D eigenvalue weighted by atomic mass is 9.83. The Morgan fingerprint density at radius 3 is 2.25 bits per heavy atom. The maximum absolute atomic E-state index is 12.2. The largest absolute Gasteiger partial charge is 0.396 e. The van der Waals surface area contributed by atoms with Gasteiger partial charge in [0.05, 0.1) is 5.92 Å². The van der Waals surface area contributed by atoms with Crippen LogP contribution >= 0.6 is 0 Å². The van der Waals surface area contributed by atoms with Gasteiger partial charge in [0, 0.05) is 6.61 Å². The third kappa shape index (κ3) is 2.00. The summed E-state index contributed by atoms with van der Waals surface area (Å²) in [7, 11) is 0. The number of aliphatic hydroxyl groups is 1. The average Bonchev–Trinajstić information content (AvgIpc) is 2.03. The summed E-state index contributed by atoms with van der Waals surface area (Å²) in [5.74, 6) is -2.00. The molecule has 0 fully saturated rings. The van der Waals surface area contributed by atoms with Gasteiger partial charge in [-0.05, 0) is 18.8 Å². The summed E-state index contributed by atoms with van der Waals surface area (Å²) in [5, 5.41) is 8.69. The Bertz CT molecular complexity index is 174. The van der Waals surface area contributed by atoms with E-state index in [1.54, 1.807) is 6.08 Å². The van der Waals surface area contributed by atoms with E-state index in [4.69, 9.17) is 5.11 Å². The second kappa shape index (κ2) is 3.47. The molecular formula is C8H11F3O. The first-order valence-corrected chi connectivity index (χ1v) is 3.88. The molecular weight excluding hydrogens is 169 g/mol. The molecule has 4 heteroatoms.